The molecule has 1 aliphatic rings. The second-order valence-corrected chi connectivity index (χ2v) is 7.18. The number of hydrogen-bond donors (Lipinski definition) is 1. The minimum atomic E-state index is -0.0479. The molecule has 2 aromatic heterocycles. The van der Waals surface area contributed by atoms with Crippen LogP contribution >= 0.6 is 0 Å². The molecule has 0 atom stereocenters. The largest absolute Gasteiger partial charge is 0.464 e. The number of nitrogen functional groups attached to an aromatic ring is 1. The lowest BCUT2D eigenvalue weighted by atomic mass is 10.0. The maximum absolute atomic E-state index is 12.7. The fraction of sp³-hybridized carbons (Fsp3) is 0.273. The minimum absolute atomic E-state index is 0.0479. The average Bonchev–Trinajstić information content (AvgIpc) is 3.25. The summed E-state index contributed by atoms with van der Waals surface area (Å²) in [5, 5.41) is 0. The molecule has 3 aromatic rings. The van der Waals surface area contributed by atoms with Gasteiger partial charge in [0.2, 0.25) is 0 Å². The number of ketones is 1. The van der Waals surface area contributed by atoms with Gasteiger partial charge in [0.25, 0.3) is 0 Å². The number of pyridine rings is 1. The van der Waals surface area contributed by atoms with E-state index in [0.717, 1.165) is 48.8 Å². The Morgan fingerprint density at radius 1 is 1.14 bits per heavy atom. The third-order valence-corrected chi connectivity index (χ3v) is 5.20. The van der Waals surface area contributed by atoms with Crippen molar-refractivity contribution in [2.75, 3.05) is 43.9 Å². The van der Waals surface area contributed by atoms with Crippen molar-refractivity contribution in [3.63, 3.8) is 0 Å². The van der Waals surface area contributed by atoms with E-state index in [4.69, 9.17) is 10.2 Å². The van der Waals surface area contributed by atoms with E-state index in [1.807, 2.05) is 42.5 Å². The zero-order chi connectivity index (χ0) is 19.5. The first kappa shape index (κ1) is 18.3. The molecule has 1 fully saturated rings. The molecule has 3 heterocycles. The molecule has 0 aliphatic carbocycles. The molecule has 144 valence electrons. The molecule has 1 aromatic carbocycles. The van der Waals surface area contributed by atoms with Gasteiger partial charge in [-0.1, -0.05) is 0 Å². The summed E-state index contributed by atoms with van der Waals surface area (Å²) in [5.74, 6) is 0.705. The van der Waals surface area contributed by atoms with Crippen molar-refractivity contribution in [3.05, 3.63) is 66.2 Å². The number of carbonyl (C=O) groups excluding carboxylic acids is 1. The van der Waals surface area contributed by atoms with E-state index in [0.29, 0.717) is 11.4 Å². The van der Waals surface area contributed by atoms with Crippen LogP contribution < -0.4 is 10.6 Å². The van der Waals surface area contributed by atoms with Crippen LogP contribution in [0.15, 0.2) is 59.3 Å². The normalized spacial score (nSPS) is 15.0. The molecular formula is C22H24N4O2. The fourth-order valence-corrected chi connectivity index (χ4v) is 3.42. The van der Waals surface area contributed by atoms with Crippen LogP contribution in [0.2, 0.25) is 0 Å². The SMILES string of the molecule is CN1CCN(c2ccc(C(=O)Cc3cc(-c4ccco4)ccc3N)nc2)CC1. The molecule has 6 nitrogen and oxygen atoms in total. The Labute approximate surface area is 164 Å². The van der Waals surface area contributed by atoms with Crippen LogP contribution in [0.3, 0.4) is 0 Å². The van der Waals surface area contributed by atoms with E-state index in [1.165, 1.54) is 0 Å². The van der Waals surface area contributed by atoms with E-state index >= 15 is 0 Å². The number of rotatable bonds is 5. The zero-order valence-corrected chi connectivity index (χ0v) is 16.0. The highest BCUT2D eigenvalue weighted by atomic mass is 16.3. The fourth-order valence-electron chi connectivity index (χ4n) is 3.42. The number of piperazine rings is 1. The third kappa shape index (κ3) is 3.92. The van der Waals surface area contributed by atoms with Gasteiger partial charge in [-0.05, 0) is 55.1 Å². The average molecular weight is 376 g/mol. The molecule has 0 unspecified atom stereocenters. The lowest BCUT2D eigenvalue weighted by Crippen LogP contribution is -2.44. The smallest absolute Gasteiger partial charge is 0.185 e. The van der Waals surface area contributed by atoms with Crippen molar-refractivity contribution in [2.24, 2.45) is 0 Å². The second kappa shape index (κ2) is 7.86. The maximum atomic E-state index is 12.7. The predicted octanol–water partition coefficient (Wildman–Crippen LogP) is 3.10. The highest BCUT2D eigenvalue weighted by molar-refractivity contribution is 5.96. The van der Waals surface area contributed by atoms with Gasteiger partial charge in [-0.25, -0.2) is 0 Å². The van der Waals surface area contributed by atoms with Crippen molar-refractivity contribution in [2.45, 2.75) is 6.42 Å². The van der Waals surface area contributed by atoms with Gasteiger partial charge in [-0.15, -0.1) is 0 Å². The molecule has 4 rings (SSSR count). The summed E-state index contributed by atoms with van der Waals surface area (Å²) in [4.78, 5) is 21.7. The molecule has 6 heteroatoms. The van der Waals surface area contributed by atoms with Gasteiger partial charge in [0.1, 0.15) is 11.5 Å². The van der Waals surface area contributed by atoms with E-state index in [1.54, 1.807) is 12.5 Å². The van der Waals surface area contributed by atoms with Gasteiger partial charge < -0.3 is 20.0 Å². The molecule has 0 spiro atoms. The van der Waals surface area contributed by atoms with Crippen molar-refractivity contribution in [3.8, 4) is 11.3 Å². The van der Waals surface area contributed by atoms with Crippen LogP contribution in [0.5, 0.6) is 0 Å². The van der Waals surface area contributed by atoms with Crippen LogP contribution in [0.1, 0.15) is 16.1 Å². The Balaban J connectivity index is 1.47. The van der Waals surface area contributed by atoms with Crippen LogP contribution in [0, 0.1) is 0 Å². The molecule has 0 radical (unpaired) electrons. The summed E-state index contributed by atoms with van der Waals surface area (Å²) < 4.78 is 5.44. The monoisotopic (exact) mass is 376 g/mol. The molecule has 0 amide bonds. The first-order valence-corrected chi connectivity index (χ1v) is 9.45. The lowest BCUT2D eigenvalue weighted by molar-refractivity contribution is 0.0988. The van der Waals surface area contributed by atoms with Gasteiger partial charge in [-0.3, -0.25) is 9.78 Å². The van der Waals surface area contributed by atoms with Crippen molar-refractivity contribution in [1.82, 2.24) is 9.88 Å². The summed E-state index contributed by atoms with van der Waals surface area (Å²) in [5.41, 5.74) is 9.89. The summed E-state index contributed by atoms with van der Waals surface area (Å²) in [6.45, 7) is 4.01. The van der Waals surface area contributed by atoms with Crippen molar-refractivity contribution >= 4 is 17.2 Å². The highest BCUT2D eigenvalue weighted by Crippen LogP contribution is 2.25. The zero-order valence-electron chi connectivity index (χ0n) is 16.0. The predicted molar refractivity (Wildman–Crippen MR) is 111 cm³/mol. The van der Waals surface area contributed by atoms with E-state index < -0.39 is 0 Å². The number of Topliss-reactive ketones (excluding diaryl/α,β-unsaturated/α-hetero) is 1. The first-order valence-electron chi connectivity index (χ1n) is 9.45. The van der Waals surface area contributed by atoms with Crippen LogP contribution in [-0.2, 0) is 6.42 Å². The quantitative estimate of drug-likeness (QED) is 0.545. The second-order valence-electron chi connectivity index (χ2n) is 7.18. The summed E-state index contributed by atoms with van der Waals surface area (Å²) >= 11 is 0. The molecule has 28 heavy (non-hydrogen) atoms. The molecule has 1 aliphatic heterocycles. The number of furan rings is 1. The first-order chi connectivity index (χ1) is 13.6. The van der Waals surface area contributed by atoms with E-state index in [2.05, 4.69) is 21.8 Å². The van der Waals surface area contributed by atoms with Crippen LogP contribution in [0.4, 0.5) is 11.4 Å². The molecule has 2 N–H and O–H groups in total. The Hall–Kier alpha value is -3.12. The van der Waals surface area contributed by atoms with Gasteiger partial charge in [-0.2, -0.15) is 0 Å². The maximum Gasteiger partial charge on any atom is 0.185 e. The molecular weight excluding hydrogens is 352 g/mol. The number of hydrogen-bond acceptors (Lipinski definition) is 6. The Morgan fingerprint density at radius 3 is 2.64 bits per heavy atom. The summed E-state index contributed by atoms with van der Waals surface area (Å²) in [7, 11) is 2.13. The van der Waals surface area contributed by atoms with Crippen LogP contribution in [-0.4, -0.2) is 48.9 Å². The topological polar surface area (TPSA) is 75.6 Å². The number of nitrogens with zero attached hydrogens (tertiary/aromatic N) is 3. The molecule has 0 saturated carbocycles. The number of likely N-dealkylation sites (N-methyl/N-ethyl adjacent to an activating group) is 1. The van der Waals surface area contributed by atoms with Gasteiger partial charge >= 0.3 is 0 Å². The Bertz CT molecular complexity index is 943. The number of benzene rings is 1. The highest BCUT2D eigenvalue weighted by Gasteiger charge is 2.16. The van der Waals surface area contributed by atoms with Crippen molar-refractivity contribution in [1.29, 1.82) is 0 Å². The lowest BCUT2D eigenvalue weighted by Gasteiger charge is -2.33. The minimum Gasteiger partial charge on any atom is -0.464 e. The Kier molecular flexibility index (Phi) is 5.12. The van der Waals surface area contributed by atoms with E-state index in [9.17, 15) is 4.79 Å². The Morgan fingerprint density at radius 2 is 1.96 bits per heavy atom. The number of anilines is 2. The van der Waals surface area contributed by atoms with Gasteiger partial charge in [0, 0.05) is 43.9 Å². The van der Waals surface area contributed by atoms with Crippen LogP contribution in [0.25, 0.3) is 11.3 Å². The third-order valence-electron chi connectivity index (χ3n) is 5.20. The summed E-state index contributed by atoms with van der Waals surface area (Å²) in [6.07, 6.45) is 3.63. The number of nitrogens with two attached hydrogens (primary N) is 1. The standard InChI is InChI=1S/C22H24N4O2/c1-25-8-10-26(11-9-25)18-5-7-20(24-15-18)21(27)14-17-13-16(4-6-19(17)23)22-3-2-12-28-22/h2-7,12-13,15H,8-11,14,23H2,1H3. The number of aromatic nitrogens is 1. The summed E-state index contributed by atoms with van der Waals surface area (Å²) in [6, 6.07) is 13.1. The van der Waals surface area contributed by atoms with Gasteiger partial charge in [0.15, 0.2) is 5.78 Å². The molecule has 1 saturated heterocycles. The van der Waals surface area contributed by atoms with Gasteiger partial charge in [0.05, 0.1) is 18.1 Å². The van der Waals surface area contributed by atoms with Crippen molar-refractivity contribution < 1.29 is 9.21 Å². The van der Waals surface area contributed by atoms with E-state index in [-0.39, 0.29) is 12.2 Å². The molecule has 0 bridgehead atoms. The number of carbonyl (C=O) groups is 1.